The van der Waals surface area contributed by atoms with Gasteiger partial charge in [-0.15, -0.1) is 0 Å². The number of hydrogen-bond acceptors (Lipinski definition) is 2. The first-order valence-electron chi connectivity index (χ1n) is 5.60. The first-order chi connectivity index (χ1) is 8.07. The average molecular weight is 301 g/mol. The maximum Gasteiger partial charge on any atom is 0.169 e. The van der Waals surface area contributed by atoms with Gasteiger partial charge in [-0.3, -0.25) is 4.79 Å². The van der Waals surface area contributed by atoms with Gasteiger partial charge in [-0.2, -0.15) is 0 Å². The monoisotopic (exact) mass is 300 g/mol. The molecule has 1 fully saturated rings. The van der Waals surface area contributed by atoms with E-state index in [-0.39, 0.29) is 18.0 Å². The summed E-state index contributed by atoms with van der Waals surface area (Å²) in [7, 11) is 1.55. The Morgan fingerprint density at radius 3 is 2.71 bits per heavy atom. The van der Waals surface area contributed by atoms with Crippen LogP contribution in [0.3, 0.4) is 0 Å². The number of ketones is 1. The number of ether oxygens (including phenoxy) is 1. The van der Waals surface area contributed by atoms with Crippen LogP contribution in [0, 0.1) is 5.82 Å². The minimum absolute atomic E-state index is 0.0209. The highest BCUT2D eigenvalue weighted by atomic mass is 79.9. The third-order valence-corrected chi connectivity index (χ3v) is 3.92. The normalized spacial score (nSPS) is 17.6. The van der Waals surface area contributed by atoms with Crippen molar-refractivity contribution in [1.82, 2.24) is 0 Å². The van der Waals surface area contributed by atoms with E-state index in [1.54, 1.807) is 19.2 Å². The van der Waals surface area contributed by atoms with Gasteiger partial charge in [0, 0.05) is 18.0 Å². The lowest BCUT2D eigenvalue weighted by Gasteiger charge is -2.38. The Morgan fingerprint density at radius 2 is 2.24 bits per heavy atom. The Balaban J connectivity index is 2.13. The van der Waals surface area contributed by atoms with Crippen molar-refractivity contribution in [2.24, 2.45) is 0 Å². The Bertz CT molecular complexity index is 436. The molecule has 0 bridgehead atoms. The van der Waals surface area contributed by atoms with Crippen LogP contribution < -0.4 is 0 Å². The molecule has 2 nitrogen and oxygen atoms in total. The van der Waals surface area contributed by atoms with Crippen LogP contribution in [0.15, 0.2) is 22.7 Å². The molecule has 1 aromatic rings. The lowest BCUT2D eigenvalue weighted by Crippen LogP contribution is -2.47. The number of carbonyl (C=O) groups is 1. The molecule has 4 heteroatoms. The van der Waals surface area contributed by atoms with Crippen molar-refractivity contribution in [1.29, 1.82) is 0 Å². The van der Waals surface area contributed by atoms with Crippen molar-refractivity contribution in [2.75, 3.05) is 7.11 Å². The minimum Gasteiger partial charge on any atom is -0.370 e. The van der Waals surface area contributed by atoms with Crippen LogP contribution in [0.1, 0.15) is 24.8 Å². The zero-order chi connectivity index (χ0) is 12.5. The van der Waals surface area contributed by atoms with Gasteiger partial charge in [0.25, 0.3) is 0 Å². The highest BCUT2D eigenvalue weighted by Crippen LogP contribution is 2.36. The van der Waals surface area contributed by atoms with E-state index in [0.29, 0.717) is 10.0 Å². The fourth-order valence-electron chi connectivity index (χ4n) is 2.09. The molecule has 17 heavy (non-hydrogen) atoms. The SMILES string of the molecule is COC1(C(=O)Cc2ccc(Br)cc2F)CCC1. The first-order valence-corrected chi connectivity index (χ1v) is 6.39. The molecule has 1 saturated carbocycles. The number of rotatable bonds is 4. The molecule has 1 aliphatic carbocycles. The van der Waals surface area contributed by atoms with Gasteiger partial charge in [-0.05, 0) is 37.0 Å². The van der Waals surface area contributed by atoms with E-state index in [2.05, 4.69) is 15.9 Å². The number of carbonyl (C=O) groups excluding carboxylic acids is 1. The topological polar surface area (TPSA) is 26.3 Å². The lowest BCUT2D eigenvalue weighted by molar-refractivity contribution is -0.151. The molecule has 0 N–H and O–H groups in total. The van der Waals surface area contributed by atoms with Crippen LogP contribution in [-0.2, 0) is 16.0 Å². The summed E-state index contributed by atoms with van der Waals surface area (Å²) in [5.74, 6) is -0.370. The number of methoxy groups -OCH3 is 1. The fourth-order valence-corrected chi connectivity index (χ4v) is 2.43. The molecule has 2 rings (SSSR count). The van der Waals surface area contributed by atoms with Crippen LogP contribution in [0.25, 0.3) is 0 Å². The molecule has 0 amide bonds. The van der Waals surface area contributed by atoms with Crippen LogP contribution in [-0.4, -0.2) is 18.5 Å². The van der Waals surface area contributed by atoms with Gasteiger partial charge in [0.05, 0.1) is 0 Å². The molecular formula is C13H14BrFO2. The molecule has 0 aliphatic heterocycles. The Morgan fingerprint density at radius 1 is 1.53 bits per heavy atom. The van der Waals surface area contributed by atoms with E-state index in [9.17, 15) is 9.18 Å². The maximum atomic E-state index is 13.6. The number of Topliss-reactive ketones (excluding diaryl/α,β-unsaturated/α-hetero) is 1. The van der Waals surface area contributed by atoms with E-state index < -0.39 is 5.60 Å². The third-order valence-electron chi connectivity index (χ3n) is 3.43. The second kappa shape index (κ2) is 4.86. The van der Waals surface area contributed by atoms with Crippen LogP contribution in [0.2, 0.25) is 0 Å². The summed E-state index contributed by atoms with van der Waals surface area (Å²) in [6.45, 7) is 0. The highest BCUT2D eigenvalue weighted by molar-refractivity contribution is 9.10. The van der Waals surface area contributed by atoms with Crippen molar-refractivity contribution in [3.05, 3.63) is 34.1 Å². The maximum absolute atomic E-state index is 13.6. The van der Waals surface area contributed by atoms with Gasteiger partial charge >= 0.3 is 0 Å². The minimum atomic E-state index is -0.653. The summed E-state index contributed by atoms with van der Waals surface area (Å²) >= 11 is 3.19. The number of hydrogen-bond donors (Lipinski definition) is 0. The molecule has 0 unspecified atom stereocenters. The van der Waals surface area contributed by atoms with E-state index in [0.717, 1.165) is 19.3 Å². The Kier molecular flexibility index (Phi) is 3.64. The smallest absolute Gasteiger partial charge is 0.169 e. The molecule has 0 atom stereocenters. The van der Waals surface area contributed by atoms with Gasteiger partial charge < -0.3 is 4.74 Å². The Hall–Kier alpha value is -0.740. The first kappa shape index (κ1) is 12.7. The van der Waals surface area contributed by atoms with Gasteiger partial charge in [-0.1, -0.05) is 22.0 Å². The van der Waals surface area contributed by atoms with Gasteiger partial charge in [-0.25, -0.2) is 4.39 Å². The zero-order valence-corrected chi connectivity index (χ0v) is 11.2. The zero-order valence-electron chi connectivity index (χ0n) is 9.63. The predicted octanol–water partition coefficient (Wildman–Crippen LogP) is 3.27. The molecule has 0 heterocycles. The quantitative estimate of drug-likeness (QED) is 0.853. The van der Waals surface area contributed by atoms with Crippen molar-refractivity contribution in [2.45, 2.75) is 31.3 Å². The second-order valence-electron chi connectivity index (χ2n) is 4.39. The molecule has 0 radical (unpaired) electrons. The Labute approximate surface area is 108 Å². The van der Waals surface area contributed by atoms with E-state index >= 15 is 0 Å². The summed E-state index contributed by atoms with van der Waals surface area (Å²) in [5.41, 5.74) is -0.221. The molecule has 0 aromatic heterocycles. The van der Waals surface area contributed by atoms with Crippen LogP contribution in [0.5, 0.6) is 0 Å². The number of benzene rings is 1. The molecular weight excluding hydrogens is 287 g/mol. The van der Waals surface area contributed by atoms with E-state index in [1.807, 2.05) is 0 Å². The van der Waals surface area contributed by atoms with E-state index in [4.69, 9.17) is 4.74 Å². The summed E-state index contributed by atoms with van der Waals surface area (Å²) in [6, 6.07) is 4.76. The average Bonchev–Trinajstić information content (AvgIpc) is 2.21. The van der Waals surface area contributed by atoms with Crippen molar-refractivity contribution >= 4 is 21.7 Å². The third kappa shape index (κ3) is 2.43. The summed E-state index contributed by atoms with van der Waals surface area (Å²) in [4.78, 5) is 12.1. The molecule has 1 aromatic carbocycles. The largest absolute Gasteiger partial charge is 0.370 e. The van der Waals surface area contributed by atoms with Crippen LogP contribution >= 0.6 is 15.9 Å². The summed E-state index contributed by atoms with van der Waals surface area (Å²) < 4.78 is 19.6. The fraction of sp³-hybridized carbons (Fsp3) is 0.462. The predicted molar refractivity (Wildman–Crippen MR) is 66.4 cm³/mol. The second-order valence-corrected chi connectivity index (χ2v) is 5.30. The summed E-state index contributed by atoms with van der Waals surface area (Å²) in [5, 5.41) is 0. The van der Waals surface area contributed by atoms with Gasteiger partial charge in [0.15, 0.2) is 5.78 Å². The van der Waals surface area contributed by atoms with Crippen molar-refractivity contribution < 1.29 is 13.9 Å². The van der Waals surface area contributed by atoms with Gasteiger partial charge in [0.1, 0.15) is 11.4 Å². The molecule has 0 saturated heterocycles. The molecule has 92 valence electrons. The standard InChI is InChI=1S/C13H14BrFO2/c1-17-13(5-2-6-13)12(16)7-9-3-4-10(14)8-11(9)15/h3-4,8H,2,5-7H2,1H3. The molecule has 0 spiro atoms. The summed E-state index contributed by atoms with van der Waals surface area (Å²) in [6.07, 6.45) is 2.61. The van der Waals surface area contributed by atoms with Gasteiger partial charge in [0.2, 0.25) is 0 Å². The van der Waals surface area contributed by atoms with Crippen molar-refractivity contribution in [3.63, 3.8) is 0 Å². The van der Waals surface area contributed by atoms with Crippen molar-refractivity contribution in [3.8, 4) is 0 Å². The lowest BCUT2D eigenvalue weighted by atomic mass is 9.75. The number of halogens is 2. The molecule has 1 aliphatic rings. The highest BCUT2D eigenvalue weighted by Gasteiger charge is 2.43. The van der Waals surface area contributed by atoms with Crippen LogP contribution in [0.4, 0.5) is 4.39 Å². The van der Waals surface area contributed by atoms with E-state index in [1.165, 1.54) is 6.07 Å².